The molecule has 0 atom stereocenters. The molecule has 0 saturated carbocycles. The van der Waals surface area contributed by atoms with Crippen LogP contribution in [-0.4, -0.2) is 31.4 Å². The van der Waals surface area contributed by atoms with Crippen LogP contribution in [0.1, 0.15) is 15.9 Å². The van der Waals surface area contributed by atoms with Gasteiger partial charge in [-0.05, 0) is 48.9 Å². The predicted octanol–water partition coefficient (Wildman–Crippen LogP) is 3.02. The molecule has 0 aliphatic heterocycles. The summed E-state index contributed by atoms with van der Waals surface area (Å²) in [4.78, 5) is 34.0. The van der Waals surface area contributed by atoms with Crippen molar-refractivity contribution in [2.24, 2.45) is 0 Å². The second-order valence-corrected chi connectivity index (χ2v) is 5.50. The van der Waals surface area contributed by atoms with Gasteiger partial charge in [0.05, 0.1) is 0 Å². The molecule has 0 saturated heterocycles. The summed E-state index contributed by atoms with van der Waals surface area (Å²) in [5, 5.41) is 3.15. The Labute approximate surface area is 149 Å². The molecule has 2 aromatic carbocycles. The van der Waals surface area contributed by atoms with Crippen molar-refractivity contribution in [3.63, 3.8) is 0 Å². The average Bonchev–Trinajstić information content (AvgIpc) is 2.62. The van der Waals surface area contributed by atoms with E-state index in [4.69, 9.17) is 21.1 Å². The molecular weight excluding hydrogens is 346 g/mol. The van der Waals surface area contributed by atoms with Gasteiger partial charge in [-0.1, -0.05) is 17.7 Å². The molecule has 7 heteroatoms. The molecule has 0 bridgehead atoms. The van der Waals surface area contributed by atoms with Crippen molar-refractivity contribution in [1.82, 2.24) is 0 Å². The first-order valence-corrected chi connectivity index (χ1v) is 7.76. The summed E-state index contributed by atoms with van der Waals surface area (Å²) < 4.78 is 10.1. The zero-order chi connectivity index (χ0) is 18.2. The van der Waals surface area contributed by atoms with Gasteiger partial charge in [-0.15, -0.1) is 0 Å². The van der Waals surface area contributed by atoms with Crippen LogP contribution in [0.25, 0.3) is 0 Å². The maximum absolute atomic E-state index is 11.8. The lowest BCUT2D eigenvalue weighted by atomic mass is 10.2. The van der Waals surface area contributed by atoms with E-state index in [2.05, 4.69) is 5.32 Å². The highest BCUT2D eigenvalue weighted by atomic mass is 35.5. The Kier molecular flexibility index (Phi) is 6.54. The number of aldehydes is 1. The fourth-order valence-corrected chi connectivity index (χ4v) is 2.08. The van der Waals surface area contributed by atoms with E-state index >= 15 is 0 Å². The quantitative estimate of drug-likeness (QED) is 0.605. The van der Waals surface area contributed by atoms with Crippen LogP contribution in [0.2, 0.25) is 5.02 Å². The van der Waals surface area contributed by atoms with Crippen molar-refractivity contribution >= 4 is 35.5 Å². The number of hydrogen-bond donors (Lipinski definition) is 1. The number of rotatable bonds is 7. The Bertz CT molecular complexity index is 774. The summed E-state index contributed by atoms with van der Waals surface area (Å²) in [7, 11) is 0. The van der Waals surface area contributed by atoms with Gasteiger partial charge in [-0.3, -0.25) is 9.59 Å². The Morgan fingerprint density at radius 1 is 1.12 bits per heavy atom. The Balaban J connectivity index is 1.76. The number of carbonyl (C=O) groups is 3. The van der Waals surface area contributed by atoms with Gasteiger partial charge in [0.25, 0.3) is 5.91 Å². The smallest absolute Gasteiger partial charge is 0.344 e. The fraction of sp³-hybridized carbons (Fsp3) is 0.167. The number of hydrogen-bond acceptors (Lipinski definition) is 5. The van der Waals surface area contributed by atoms with Crippen LogP contribution in [0.3, 0.4) is 0 Å². The van der Waals surface area contributed by atoms with Crippen molar-refractivity contribution in [3.8, 4) is 5.75 Å². The van der Waals surface area contributed by atoms with E-state index in [0.29, 0.717) is 28.3 Å². The maximum Gasteiger partial charge on any atom is 0.344 e. The third kappa shape index (κ3) is 5.61. The second-order valence-electron chi connectivity index (χ2n) is 5.10. The number of benzene rings is 2. The molecule has 1 amide bonds. The molecule has 130 valence electrons. The summed E-state index contributed by atoms with van der Waals surface area (Å²) in [6.45, 7) is 0.996. The summed E-state index contributed by atoms with van der Waals surface area (Å²) in [6, 6.07) is 11.4. The van der Waals surface area contributed by atoms with Crippen LogP contribution in [0.15, 0.2) is 42.5 Å². The predicted molar refractivity (Wildman–Crippen MR) is 93.1 cm³/mol. The van der Waals surface area contributed by atoms with Gasteiger partial charge in [0.2, 0.25) is 0 Å². The van der Waals surface area contributed by atoms with Crippen LogP contribution >= 0.6 is 11.6 Å². The molecule has 0 fully saturated rings. The zero-order valence-electron chi connectivity index (χ0n) is 13.5. The lowest BCUT2D eigenvalue weighted by Gasteiger charge is -2.10. The van der Waals surface area contributed by atoms with Crippen LogP contribution in [0, 0.1) is 6.92 Å². The molecule has 0 radical (unpaired) electrons. The van der Waals surface area contributed by atoms with Crippen LogP contribution in [0.4, 0.5) is 5.69 Å². The molecule has 0 heterocycles. The molecule has 0 aliphatic carbocycles. The summed E-state index contributed by atoms with van der Waals surface area (Å²) in [6.07, 6.45) is 0.707. The van der Waals surface area contributed by atoms with E-state index in [1.165, 1.54) is 0 Å². The van der Waals surface area contributed by atoms with Gasteiger partial charge in [0.1, 0.15) is 12.0 Å². The molecule has 6 nitrogen and oxygen atoms in total. The maximum atomic E-state index is 11.8. The number of halogens is 1. The van der Waals surface area contributed by atoms with E-state index in [0.717, 1.165) is 5.56 Å². The summed E-state index contributed by atoms with van der Waals surface area (Å²) in [5.41, 5.74) is 1.79. The number of anilines is 1. The monoisotopic (exact) mass is 361 g/mol. The van der Waals surface area contributed by atoms with Gasteiger partial charge < -0.3 is 14.8 Å². The summed E-state index contributed by atoms with van der Waals surface area (Å²) >= 11 is 5.97. The number of carbonyl (C=O) groups excluding carboxylic acids is 3. The highest BCUT2D eigenvalue weighted by Crippen LogP contribution is 2.22. The van der Waals surface area contributed by atoms with Crippen molar-refractivity contribution in [2.45, 2.75) is 6.92 Å². The highest BCUT2D eigenvalue weighted by Gasteiger charge is 2.10. The van der Waals surface area contributed by atoms with Gasteiger partial charge in [0, 0.05) is 16.3 Å². The number of amides is 1. The van der Waals surface area contributed by atoms with Crippen molar-refractivity contribution in [3.05, 3.63) is 58.6 Å². The Hall–Kier alpha value is -2.86. The summed E-state index contributed by atoms with van der Waals surface area (Å²) in [5.74, 6) is -0.743. The number of ether oxygens (including phenoxy) is 2. The van der Waals surface area contributed by atoms with Crippen molar-refractivity contribution < 1.29 is 23.9 Å². The van der Waals surface area contributed by atoms with Gasteiger partial charge in [-0.25, -0.2) is 4.79 Å². The topological polar surface area (TPSA) is 81.7 Å². The largest absolute Gasteiger partial charge is 0.482 e. The number of esters is 1. The van der Waals surface area contributed by atoms with Gasteiger partial charge in [0.15, 0.2) is 13.2 Å². The molecule has 2 aromatic rings. The first-order chi connectivity index (χ1) is 12.0. The molecule has 0 unspecified atom stereocenters. The molecular formula is C18H16ClNO5. The molecule has 1 N–H and O–H groups in total. The molecule has 0 aromatic heterocycles. The van der Waals surface area contributed by atoms with Crippen molar-refractivity contribution in [2.75, 3.05) is 18.5 Å². The Morgan fingerprint density at radius 2 is 1.84 bits per heavy atom. The fourth-order valence-electron chi connectivity index (χ4n) is 1.90. The van der Waals surface area contributed by atoms with E-state index in [-0.39, 0.29) is 6.61 Å². The highest BCUT2D eigenvalue weighted by molar-refractivity contribution is 6.31. The normalized spacial score (nSPS) is 10.0. The van der Waals surface area contributed by atoms with Gasteiger partial charge in [-0.2, -0.15) is 0 Å². The number of nitrogens with one attached hydrogen (secondary N) is 1. The first-order valence-electron chi connectivity index (χ1n) is 7.38. The molecule has 0 spiro atoms. The molecule has 25 heavy (non-hydrogen) atoms. The van der Waals surface area contributed by atoms with Crippen LogP contribution in [-0.2, 0) is 14.3 Å². The SMILES string of the molecule is Cc1c(Cl)cccc1NC(=O)COC(=O)COc1ccc(C=O)cc1. The van der Waals surface area contributed by atoms with E-state index in [1.807, 2.05) is 0 Å². The molecule has 2 rings (SSSR count). The molecule has 0 aliphatic rings. The third-order valence-corrected chi connectivity index (χ3v) is 3.69. The van der Waals surface area contributed by atoms with E-state index in [1.54, 1.807) is 49.4 Å². The minimum atomic E-state index is -0.683. The third-order valence-electron chi connectivity index (χ3n) is 3.28. The van der Waals surface area contributed by atoms with Gasteiger partial charge >= 0.3 is 5.97 Å². The minimum Gasteiger partial charge on any atom is -0.482 e. The van der Waals surface area contributed by atoms with E-state index in [9.17, 15) is 14.4 Å². The standard InChI is InChI=1S/C18H16ClNO5/c1-12-15(19)3-2-4-16(12)20-17(22)10-25-18(23)11-24-14-7-5-13(9-21)6-8-14/h2-9H,10-11H2,1H3,(H,20,22). The average molecular weight is 362 g/mol. The minimum absolute atomic E-state index is 0.343. The van der Waals surface area contributed by atoms with E-state index < -0.39 is 18.5 Å². The lowest BCUT2D eigenvalue weighted by Crippen LogP contribution is -2.24. The van der Waals surface area contributed by atoms with Crippen LogP contribution in [0.5, 0.6) is 5.75 Å². The lowest BCUT2D eigenvalue weighted by molar-refractivity contribution is -0.149. The van der Waals surface area contributed by atoms with Crippen molar-refractivity contribution in [1.29, 1.82) is 0 Å². The first kappa shape index (κ1) is 18.5. The second kappa shape index (κ2) is 8.84. The Morgan fingerprint density at radius 3 is 2.52 bits per heavy atom. The van der Waals surface area contributed by atoms with Crippen LogP contribution < -0.4 is 10.1 Å². The zero-order valence-corrected chi connectivity index (χ0v) is 14.2.